The van der Waals surface area contributed by atoms with Gasteiger partial charge in [0.05, 0.1) is 24.6 Å². The maximum atomic E-state index is 12.3. The summed E-state index contributed by atoms with van der Waals surface area (Å²) in [5, 5.41) is 16.3. The normalized spacial score (nSPS) is 14.7. The van der Waals surface area contributed by atoms with Crippen molar-refractivity contribution in [2.75, 3.05) is 13.1 Å². The van der Waals surface area contributed by atoms with Gasteiger partial charge in [0.2, 0.25) is 0 Å². The Bertz CT molecular complexity index is 791. The number of carbonyl (C=O) groups is 1. The van der Waals surface area contributed by atoms with Gasteiger partial charge in [-0.15, -0.1) is 5.10 Å². The van der Waals surface area contributed by atoms with Gasteiger partial charge in [0.1, 0.15) is 12.2 Å². The number of likely N-dealkylation sites (tertiary alicyclic amines) is 1. The number of amides is 1. The van der Waals surface area contributed by atoms with E-state index in [-0.39, 0.29) is 11.9 Å². The second kappa shape index (κ2) is 5.59. The molecule has 0 bridgehead atoms. The molecular formula is C14H14N8O. The first kappa shape index (κ1) is 13.6. The molecule has 0 unspecified atom stereocenters. The number of hydrogen-bond donors (Lipinski definition) is 0. The summed E-state index contributed by atoms with van der Waals surface area (Å²) >= 11 is 0. The molecule has 1 amide bonds. The van der Waals surface area contributed by atoms with E-state index in [0.29, 0.717) is 25.2 Å². The van der Waals surface area contributed by atoms with E-state index in [4.69, 9.17) is 0 Å². The molecule has 0 spiro atoms. The van der Waals surface area contributed by atoms with Gasteiger partial charge in [-0.2, -0.15) is 15.0 Å². The van der Waals surface area contributed by atoms with Crippen LogP contribution in [0, 0.1) is 0 Å². The molecule has 1 saturated heterocycles. The fraction of sp³-hybridized carbons (Fsp3) is 0.286. The molecule has 1 aliphatic heterocycles. The average Bonchev–Trinajstić information content (AvgIpc) is 3.19. The minimum atomic E-state index is 0.0183. The van der Waals surface area contributed by atoms with E-state index in [1.807, 2.05) is 6.20 Å². The highest BCUT2D eigenvalue weighted by atomic mass is 16.2. The van der Waals surface area contributed by atoms with Crippen molar-refractivity contribution in [1.29, 1.82) is 0 Å². The molecule has 0 aromatic carbocycles. The largest absolute Gasteiger partial charge is 0.334 e. The molecule has 4 rings (SSSR count). The zero-order valence-electron chi connectivity index (χ0n) is 12.2. The van der Waals surface area contributed by atoms with Crippen molar-refractivity contribution < 1.29 is 4.79 Å². The summed E-state index contributed by atoms with van der Waals surface area (Å²) in [5.41, 5.74) is 1.45. The number of aromatic nitrogens is 7. The van der Waals surface area contributed by atoms with Crippen molar-refractivity contribution in [2.24, 2.45) is 0 Å². The van der Waals surface area contributed by atoms with Crippen LogP contribution in [-0.4, -0.2) is 58.9 Å². The Morgan fingerprint density at radius 1 is 1.13 bits per heavy atom. The summed E-state index contributed by atoms with van der Waals surface area (Å²) in [5.74, 6) is 0.0183. The molecule has 3 aromatic rings. The lowest BCUT2D eigenvalue weighted by atomic mass is 10.1. The van der Waals surface area contributed by atoms with Crippen molar-refractivity contribution in [3.05, 3.63) is 54.4 Å². The van der Waals surface area contributed by atoms with E-state index in [0.717, 1.165) is 5.69 Å². The highest BCUT2D eigenvalue weighted by Gasteiger charge is 2.33. The molecule has 9 heteroatoms. The number of pyridine rings is 1. The van der Waals surface area contributed by atoms with E-state index in [1.165, 1.54) is 0 Å². The highest BCUT2D eigenvalue weighted by Crippen LogP contribution is 2.22. The summed E-state index contributed by atoms with van der Waals surface area (Å²) in [6.45, 7) is 1.74. The molecule has 4 heterocycles. The van der Waals surface area contributed by atoms with Crippen LogP contribution in [0.2, 0.25) is 0 Å². The molecule has 0 saturated carbocycles. The van der Waals surface area contributed by atoms with Crippen LogP contribution in [-0.2, 0) is 6.54 Å². The Kier molecular flexibility index (Phi) is 3.30. The Morgan fingerprint density at radius 2 is 1.87 bits per heavy atom. The fourth-order valence-electron chi connectivity index (χ4n) is 2.50. The van der Waals surface area contributed by atoms with Crippen LogP contribution in [0.4, 0.5) is 0 Å². The quantitative estimate of drug-likeness (QED) is 0.674. The molecule has 0 atom stereocenters. The summed E-state index contributed by atoms with van der Waals surface area (Å²) < 4.78 is 1.80. The number of hydrogen-bond acceptors (Lipinski definition) is 6. The van der Waals surface area contributed by atoms with Crippen molar-refractivity contribution in [3.63, 3.8) is 0 Å². The van der Waals surface area contributed by atoms with Gasteiger partial charge >= 0.3 is 0 Å². The van der Waals surface area contributed by atoms with Gasteiger partial charge in [-0.3, -0.25) is 9.78 Å². The summed E-state index contributed by atoms with van der Waals surface area (Å²) in [6.07, 6.45) is 8.37. The second-order valence-corrected chi connectivity index (χ2v) is 5.35. The van der Waals surface area contributed by atoms with Gasteiger partial charge in [0.15, 0.2) is 0 Å². The molecule has 1 aliphatic rings. The Hall–Kier alpha value is -3.10. The van der Waals surface area contributed by atoms with Gasteiger partial charge in [-0.1, -0.05) is 5.21 Å². The zero-order chi connectivity index (χ0) is 15.6. The molecule has 116 valence electrons. The molecule has 3 aromatic heterocycles. The topological polar surface area (TPSA) is 94.6 Å². The summed E-state index contributed by atoms with van der Waals surface area (Å²) in [4.78, 5) is 19.5. The number of rotatable bonds is 4. The lowest BCUT2D eigenvalue weighted by molar-refractivity contribution is 0.0498. The number of nitrogens with zero attached hydrogens (tertiary/aromatic N) is 8. The smallest absolute Gasteiger partial charge is 0.254 e. The van der Waals surface area contributed by atoms with Crippen LogP contribution in [0.5, 0.6) is 0 Å². The standard InChI is InChI=1S/C14H14N8O/c23-14(11-1-3-15-4-2-11)20-9-13(10-20)21-7-12(18-19-21)8-22-16-5-6-17-22/h1-7,13H,8-10H2. The number of carbonyl (C=O) groups excluding carboxylic acids is 1. The van der Waals surface area contributed by atoms with Crippen molar-refractivity contribution in [2.45, 2.75) is 12.6 Å². The molecule has 0 N–H and O–H groups in total. The van der Waals surface area contributed by atoms with Crippen LogP contribution in [0.15, 0.2) is 43.1 Å². The van der Waals surface area contributed by atoms with Crippen LogP contribution in [0.25, 0.3) is 0 Å². The van der Waals surface area contributed by atoms with Crippen LogP contribution < -0.4 is 0 Å². The first-order valence-corrected chi connectivity index (χ1v) is 7.24. The van der Waals surface area contributed by atoms with Gasteiger partial charge in [0, 0.05) is 31.0 Å². The van der Waals surface area contributed by atoms with E-state index >= 15 is 0 Å². The van der Waals surface area contributed by atoms with E-state index in [2.05, 4.69) is 25.5 Å². The second-order valence-electron chi connectivity index (χ2n) is 5.35. The lowest BCUT2D eigenvalue weighted by Crippen LogP contribution is -2.50. The Labute approximate surface area is 131 Å². The first-order chi connectivity index (χ1) is 11.3. The predicted octanol–water partition coefficient (Wildman–Crippen LogP) is 0.01000. The van der Waals surface area contributed by atoms with Crippen LogP contribution in [0.3, 0.4) is 0 Å². The van der Waals surface area contributed by atoms with Gasteiger partial charge < -0.3 is 4.90 Å². The third kappa shape index (κ3) is 2.68. The lowest BCUT2D eigenvalue weighted by Gasteiger charge is -2.38. The highest BCUT2D eigenvalue weighted by molar-refractivity contribution is 5.94. The maximum absolute atomic E-state index is 12.3. The van der Waals surface area contributed by atoms with Crippen LogP contribution >= 0.6 is 0 Å². The average molecular weight is 310 g/mol. The minimum absolute atomic E-state index is 0.0183. The fourth-order valence-corrected chi connectivity index (χ4v) is 2.50. The van der Waals surface area contributed by atoms with Crippen molar-refractivity contribution >= 4 is 5.91 Å². The minimum Gasteiger partial charge on any atom is -0.334 e. The first-order valence-electron chi connectivity index (χ1n) is 7.24. The van der Waals surface area contributed by atoms with Crippen LogP contribution in [0.1, 0.15) is 22.1 Å². The Balaban J connectivity index is 1.37. The SMILES string of the molecule is O=C(c1ccncc1)N1CC(n2cc(Cn3nccn3)nn2)C1. The van der Waals surface area contributed by atoms with E-state index in [1.54, 1.807) is 51.3 Å². The van der Waals surface area contributed by atoms with Crippen molar-refractivity contribution in [1.82, 2.24) is 39.9 Å². The molecule has 0 radical (unpaired) electrons. The summed E-state index contributed by atoms with van der Waals surface area (Å²) in [7, 11) is 0. The van der Waals surface area contributed by atoms with Gasteiger partial charge in [-0.25, -0.2) is 4.68 Å². The molecule has 1 fully saturated rings. The van der Waals surface area contributed by atoms with Crippen molar-refractivity contribution in [3.8, 4) is 0 Å². The Morgan fingerprint density at radius 3 is 2.61 bits per heavy atom. The molecule has 23 heavy (non-hydrogen) atoms. The summed E-state index contributed by atoms with van der Waals surface area (Å²) in [6, 6.07) is 3.60. The van der Waals surface area contributed by atoms with E-state index in [9.17, 15) is 4.79 Å². The zero-order valence-corrected chi connectivity index (χ0v) is 12.2. The predicted molar refractivity (Wildman–Crippen MR) is 78.3 cm³/mol. The van der Waals surface area contributed by atoms with Gasteiger partial charge in [0.25, 0.3) is 5.91 Å². The van der Waals surface area contributed by atoms with E-state index < -0.39 is 0 Å². The molecule has 0 aliphatic carbocycles. The monoisotopic (exact) mass is 310 g/mol. The van der Waals surface area contributed by atoms with Gasteiger partial charge in [-0.05, 0) is 12.1 Å². The molecular weight excluding hydrogens is 296 g/mol. The third-order valence-electron chi connectivity index (χ3n) is 3.78. The third-order valence-corrected chi connectivity index (χ3v) is 3.78. The maximum Gasteiger partial charge on any atom is 0.254 e. The molecule has 9 nitrogen and oxygen atoms in total.